The summed E-state index contributed by atoms with van der Waals surface area (Å²) in [6.07, 6.45) is 2.36. The summed E-state index contributed by atoms with van der Waals surface area (Å²) in [6, 6.07) is -0.509. The number of amides is 2. The first-order valence-corrected chi connectivity index (χ1v) is 7.23. The van der Waals surface area contributed by atoms with Crippen molar-refractivity contribution in [1.82, 2.24) is 10.2 Å². The average molecular weight is 271 g/mol. The molecule has 3 N–H and O–H groups in total. The normalized spacial score (nSPS) is 12.3. The van der Waals surface area contributed by atoms with E-state index in [4.69, 9.17) is 5.73 Å². The van der Waals surface area contributed by atoms with Gasteiger partial charge in [-0.15, -0.1) is 0 Å². The number of hydrogen-bond donors (Lipinski definition) is 2. The van der Waals surface area contributed by atoms with E-state index in [0.29, 0.717) is 25.4 Å². The summed E-state index contributed by atoms with van der Waals surface area (Å²) in [4.78, 5) is 25.5. The van der Waals surface area contributed by atoms with Gasteiger partial charge in [0, 0.05) is 13.1 Å². The van der Waals surface area contributed by atoms with E-state index < -0.39 is 6.04 Å². The van der Waals surface area contributed by atoms with Crippen molar-refractivity contribution in [2.75, 3.05) is 19.6 Å². The summed E-state index contributed by atoms with van der Waals surface area (Å²) in [7, 11) is 0. The summed E-state index contributed by atoms with van der Waals surface area (Å²) < 4.78 is 0. The zero-order valence-electron chi connectivity index (χ0n) is 12.7. The topological polar surface area (TPSA) is 75.4 Å². The molecule has 0 spiro atoms. The number of nitrogens with zero attached hydrogens (tertiary/aromatic N) is 1. The van der Waals surface area contributed by atoms with Crippen LogP contribution in [0.5, 0.6) is 0 Å². The number of carbonyl (C=O) groups excluding carboxylic acids is 2. The Kier molecular flexibility index (Phi) is 9.21. The Morgan fingerprint density at radius 3 is 2.32 bits per heavy atom. The maximum absolute atomic E-state index is 12.2. The first kappa shape index (κ1) is 17.9. The van der Waals surface area contributed by atoms with Gasteiger partial charge in [0.25, 0.3) is 0 Å². The molecule has 5 nitrogen and oxygen atoms in total. The second kappa shape index (κ2) is 9.78. The Labute approximate surface area is 116 Å². The first-order valence-electron chi connectivity index (χ1n) is 7.23. The fourth-order valence-electron chi connectivity index (χ4n) is 1.87. The number of rotatable bonds is 9. The monoisotopic (exact) mass is 271 g/mol. The number of nitrogens with two attached hydrogens (primary N) is 1. The highest BCUT2D eigenvalue weighted by atomic mass is 16.2. The van der Waals surface area contributed by atoms with Crippen molar-refractivity contribution in [3.8, 4) is 0 Å². The largest absolute Gasteiger partial charge is 0.355 e. The molecule has 1 atom stereocenters. The van der Waals surface area contributed by atoms with Gasteiger partial charge in [-0.1, -0.05) is 27.7 Å². The van der Waals surface area contributed by atoms with Crippen LogP contribution in [0.15, 0.2) is 0 Å². The predicted octanol–water partition coefficient (Wildman–Crippen LogP) is 1.12. The van der Waals surface area contributed by atoms with Gasteiger partial charge < -0.3 is 16.0 Å². The van der Waals surface area contributed by atoms with Crippen molar-refractivity contribution in [2.45, 2.75) is 53.0 Å². The van der Waals surface area contributed by atoms with Crippen molar-refractivity contribution < 1.29 is 9.59 Å². The molecule has 0 rings (SSSR count). The quantitative estimate of drug-likeness (QED) is 0.660. The second-order valence-electron chi connectivity index (χ2n) is 5.35. The van der Waals surface area contributed by atoms with Gasteiger partial charge in [-0.25, -0.2) is 0 Å². The van der Waals surface area contributed by atoms with Crippen LogP contribution >= 0.6 is 0 Å². The third-order valence-electron chi connectivity index (χ3n) is 2.75. The third kappa shape index (κ3) is 7.82. The molecule has 1 unspecified atom stereocenters. The van der Waals surface area contributed by atoms with Crippen LogP contribution in [0, 0.1) is 5.92 Å². The van der Waals surface area contributed by atoms with Crippen molar-refractivity contribution in [1.29, 1.82) is 0 Å². The average Bonchev–Trinajstić information content (AvgIpc) is 2.34. The van der Waals surface area contributed by atoms with Crippen molar-refractivity contribution in [2.24, 2.45) is 11.7 Å². The second-order valence-corrected chi connectivity index (χ2v) is 5.35. The maximum atomic E-state index is 12.2. The highest BCUT2D eigenvalue weighted by Gasteiger charge is 2.22. The van der Waals surface area contributed by atoms with E-state index in [1.807, 2.05) is 27.7 Å². The van der Waals surface area contributed by atoms with Crippen LogP contribution in [-0.2, 0) is 9.59 Å². The summed E-state index contributed by atoms with van der Waals surface area (Å²) in [5.74, 6) is 0.138. The van der Waals surface area contributed by atoms with Crippen LogP contribution in [0.25, 0.3) is 0 Å². The Morgan fingerprint density at radius 2 is 1.84 bits per heavy atom. The van der Waals surface area contributed by atoms with Crippen LogP contribution in [0.4, 0.5) is 0 Å². The van der Waals surface area contributed by atoms with Gasteiger partial charge in [-0.3, -0.25) is 9.59 Å². The minimum Gasteiger partial charge on any atom is -0.355 e. The lowest BCUT2D eigenvalue weighted by atomic mass is 10.0. The molecule has 0 aromatic heterocycles. The number of hydrogen-bond acceptors (Lipinski definition) is 3. The van der Waals surface area contributed by atoms with Crippen LogP contribution in [0.2, 0.25) is 0 Å². The molecule has 0 saturated heterocycles. The molecule has 112 valence electrons. The minimum absolute atomic E-state index is 0.110. The van der Waals surface area contributed by atoms with E-state index in [0.717, 1.165) is 12.8 Å². The molecule has 2 amide bonds. The summed E-state index contributed by atoms with van der Waals surface area (Å²) in [5.41, 5.74) is 5.90. The molecule has 0 heterocycles. The fourth-order valence-corrected chi connectivity index (χ4v) is 1.87. The SMILES string of the molecule is CCCNC(=O)CN(CCC)C(=O)C(N)CC(C)C. The molecule has 0 aromatic carbocycles. The van der Waals surface area contributed by atoms with Gasteiger partial charge in [0.05, 0.1) is 12.6 Å². The first-order chi connectivity index (χ1) is 8.92. The van der Waals surface area contributed by atoms with E-state index in [2.05, 4.69) is 5.32 Å². The zero-order chi connectivity index (χ0) is 14.8. The van der Waals surface area contributed by atoms with Gasteiger partial charge in [0.15, 0.2) is 0 Å². The summed E-state index contributed by atoms with van der Waals surface area (Å²) in [6.45, 7) is 9.37. The molecule has 0 bridgehead atoms. The molecule has 0 aliphatic rings. The lowest BCUT2D eigenvalue weighted by molar-refractivity contribution is -0.137. The highest BCUT2D eigenvalue weighted by Crippen LogP contribution is 2.06. The van der Waals surface area contributed by atoms with E-state index >= 15 is 0 Å². The standard InChI is InChI=1S/C14H29N3O2/c1-5-7-16-13(18)10-17(8-6-2)14(19)12(15)9-11(3)4/h11-12H,5-10,15H2,1-4H3,(H,16,18). The van der Waals surface area contributed by atoms with Crippen molar-refractivity contribution in [3.63, 3.8) is 0 Å². The smallest absolute Gasteiger partial charge is 0.239 e. The molecular weight excluding hydrogens is 242 g/mol. The van der Waals surface area contributed by atoms with Gasteiger partial charge in [-0.05, 0) is 25.2 Å². The van der Waals surface area contributed by atoms with Crippen LogP contribution in [-0.4, -0.2) is 42.4 Å². The van der Waals surface area contributed by atoms with Gasteiger partial charge in [0.2, 0.25) is 11.8 Å². The van der Waals surface area contributed by atoms with Gasteiger partial charge in [0.1, 0.15) is 0 Å². The Morgan fingerprint density at radius 1 is 1.21 bits per heavy atom. The highest BCUT2D eigenvalue weighted by molar-refractivity contribution is 5.87. The van der Waals surface area contributed by atoms with Gasteiger partial charge >= 0.3 is 0 Å². The van der Waals surface area contributed by atoms with Gasteiger partial charge in [-0.2, -0.15) is 0 Å². The fraction of sp³-hybridized carbons (Fsp3) is 0.857. The Bertz CT molecular complexity index is 280. The molecular formula is C14H29N3O2. The van der Waals surface area contributed by atoms with E-state index in [1.165, 1.54) is 0 Å². The molecule has 5 heteroatoms. The number of carbonyl (C=O) groups is 2. The van der Waals surface area contributed by atoms with E-state index in [9.17, 15) is 9.59 Å². The van der Waals surface area contributed by atoms with E-state index in [-0.39, 0.29) is 18.4 Å². The molecule has 0 radical (unpaired) electrons. The molecule has 0 aromatic rings. The minimum atomic E-state index is -0.509. The van der Waals surface area contributed by atoms with Crippen LogP contribution in [0.1, 0.15) is 47.0 Å². The molecule has 0 saturated carbocycles. The summed E-state index contributed by atoms with van der Waals surface area (Å²) in [5, 5.41) is 2.78. The third-order valence-corrected chi connectivity index (χ3v) is 2.75. The lowest BCUT2D eigenvalue weighted by Gasteiger charge is -2.25. The molecule has 0 fully saturated rings. The summed E-state index contributed by atoms with van der Waals surface area (Å²) >= 11 is 0. The lowest BCUT2D eigenvalue weighted by Crippen LogP contribution is -2.48. The Balaban J connectivity index is 4.44. The molecule has 0 aliphatic heterocycles. The Hall–Kier alpha value is -1.10. The molecule has 19 heavy (non-hydrogen) atoms. The van der Waals surface area contributed by atoms with E-state index in [1.54, 1.807) is 4.90 Å². The van der Waals surface area contributed by atoms with Crippen molar-refractivity contribution >= 4 is 11.8 Å². The number of nitrogens with one attached hydrogen (secondary N) is 1. The van der Waals surface area contributed by atoms with Crippen molar-refractivity contribution in [3.05, 3.63) is 0 Å². The predicted molar refractivity (Wildman–Crippen MR) is 77.6 cm³/mol. The zero-order valence-corrected chi connectivity index (χ0v) is 12.7. The van der Waals surface area contributed by atoms with Crippen LogP contribution < -0.4 is 11.1 Å². The molecule has 0 aliphatic carbocycles. The van der Waals surface area contributed by atoms with Crippen LogP contribution in [0.3, 0.4) is 0 Å². The maximum Gasteiger partial charge on any atom is 0.239 e.